The van der Waals surface area contributed by atoms with Crippen LogP contribution in [0.5, 0.6) is 0 Å². The first-order chi connectivity index (χ1) is 4.42. The second-order valence-corrected chi connectivity index (χ2v) is 2.32. The molecule has 0 radical (unpaired) electrons. The van der Waals surface area contributed by atoms with Gasteiger partial charge in [0, 0.05) is 12.8 Å². The van der Waals surface area contributed by atoms with E-state index in [1.807, 2.05) is 0 Å². The maximum absolute atomic E-state index is 12.0. The summed E-state index contributed by atoms with van der Waals surface area (Å²) in [7, 11) is 0. The van der Waals surface area contributed by atoms with Crippen molar-refractivity contribution in [1.29, 1.82) is 0 Å². The van der Waals surface area contributed by atoms with Crippen LogP contribution >= 0.6 is 0 Å². The van der Waals surface area contributed by atoms with Crippen molar-refractivity contribution in [3.8, 4) is 0 Å². The Labute approximate surface area is 57.9 Å². The molecule has 2 nitrogen and oxygen atoms in total. The maximum atomic E-state index is 12.0. The quantitative estimate of drug-likeness (QED) is 0.667. The van der Waals surface area contributed by atoms with Gasteiger partial charge in [-0.1, -0.05) is 0 Å². The van der Waals surface area contributed by atoms with E-state index in [1.54, 1.807) is 0 Å². The SMILES string of the molecule is CC(F)(F)CCCC(=O)O. The highest BCUT2D eigenvalue weighted by atomic mass is 19.3. The summed E-state index contributed by atoms with van der Waals surface area (Å²) in [4.78, 5) is 9.84. The lowest BCUT2D eigenvalue weighted by molar-refractivity contribution is -0.137. The highest BCUT2D eigenvalue weighted by Gasteiger charge is 2.20. The Hall–Kier alpha value is -0.670. The van der Waals surface area contributed by atoms with Gasteiger partial charge in [0.25, 0.3) is 0 Å². The monoisotopic (exact) mass is 152 g/mol. The van der Waals surface area contributed by atoms with Gasteiger partial charge in [-0.05, 0) is 13.3 Å². The Bertz CT molecular complexity index is 117. The van der Waals surface area contributed by atoms with Crippen molar-refractivity contribution in [2.45, 2.75) is 32.1 Å². The molecule has 10 heavy (non-hydrogen) atoms. The van der Waals surface area contributed by atoms with E-state index >= 15 is 0 Å². The fourth-order valence-corrected chi connectivity index (χ4v) is 0.550. The molecule has 0 saturated carbocycles. The van der Waals surface area contributed by atoms with E-state index < -0.39 is 11.9 Å². The molecule has 1 N–H and O–H groups in total. The summed E-state index contributed by atoms with van der Waals surface area (Å²) in [6.45, 7) is 0.787. The minimum Gasteiger partial charge on any atom is -0.481 e. The number of hydrogen-bond acceptors (Lipinski definition) is 1. The highest BCUT2D eigenvalue weighted by molar-refractivity contribution is 5.66. The highest BCUT2D eigenvalue weighted by Crippen LogP contribution is 2.19. The summed E-state index contributed by atoms with van der Waals surface area (Å²) in [6, 6.07) is 0. The number of alkyl halides is 2. The van der Waals surface area contributed by atoms with Gasteiger partial charge >= 0.3 is 5.97 Å². The smallest absolute Gasteiger partial charge is 0.303 e. The lowest BCUT2D eigenvalue weighted by atomic mass is 10.2. The molecule has 0 aromatic carbocycles. The molecule has 4 heteroatoms. The number of carbonyl (C=O) groups is 1. The van der Waals surface area contributed by atoms with Crippen LogP contribution in [-0.4, -0.2) is 17.0 Å². The van der Waals surface area contributed by atoms with Crippen molar-refractivity contribution in [2.75, 3.05) is 0 Å². The zero-order chi connectivity index (χ0) is 8.20. The van der Waals surface area contributed by atoms with E-state index in [0.29, 0.717) is 0 Å². The Morgan fingerprint density at radius 3 is 2.40 bits per heavy atom. The summed E-state index contributed by atoms with van der Waals surface area (Å²) in [5, 5.41) is 8.07. The van der Waals surface area contributed by atoms with Gasteiger partial charge in [0.05, 0.1) is 0 Å². The van der Waals surface area contributed by atoms with Crippen molar-refractivity contribution in [2.24, 2.45) is 0 Å². The van der Waals surface area contributed by atoms with Crippen molar-refractivity contribution in [3.63, 3.8) is 0 Å². The number of rotatable bonds is 4. The lowest BCUT2D eigenvalue weighted by Gasteiger charge is -2.07. The standard InChI is InChI=1S/C6H10F2O2/c1-6(7,8)4-2-3-5(9)10/h2-4H2,1H3,(H,9,10). The van der Waals surface area contributed by atoms with Crippen LogP contribution in [0.25, 0.3) is 0 Å². The van der Waals surface area contributed by atoms with E-state index in [2.05, 4.69) is 0 Å². The molecule has 0 bridgehead atoms. The number of aliphatic carboxylic acids is 1. The molecule has 0 saturated heterocycles. The normalized spacial score (nSPS) is 11.5. The van der Waals surface area contributed by atoms with Gasteiger partial charge in [0.15, 0.2) is 0 Å². The van der Waals surface area contributed by atoms with Gasteiger partial charge in [-0.3, -0.25) is 4.79 Å². The van der Waals surface area contributed by atoms with Gasteiger partial charge in [-0.25, -0.2) is 8.78 Å². The molecule has 0 aromatic heterocycles. The van der Waals surface area contributed by atoms with Crippen LogP contribution in [0, 0.1) is 0 Å². The first-order valence-electron chi connectivity index (χ1n) is 3.01. The van der Waals surface area contributed by atoms with E-state index in [-0.39, 0.29) is 19.3 Å². The number of hydrogen-bond donors (Lipinski definition) is 1. The number of carboxylic acid groups (broad SMARTS) is 1. The van der Waals surface area contributed by atoms with E-state index in [4.69, 9.17) is 5.11 Å². The molecule has 0 aromatic rings. The van der Waals surface area contributed by atoms with Crippen LogP contribution in [0.3, 0.4) is 0 Å². The predicted molar refractivity (Wildman–Crippen MR) is 32.1 cm³/mol. The van der Waals surface area contributed by atoms with E-state index in [9.17, 15) is 13.6 Å². The summed E-state index contributed by atoms with van der Waals surface area (Å²) >= 11 is 0. The van der Waals surface area contributed by atoms with Crippen LogP contribution in [0.4, 0.5) is 8.78 Å². The third kappa shape index (κ3) is 7.33. The van der Waals surface area contributed by atoms with Crippen LogP contribution in [-0.2, 0) is 4.79 Å². The average molecular weight is 152 g/mol. The molecule has 0 spiro atoms. The molecule has 0 atom stereocenters. The Balaban J connectivity index is 3.29. The van der Waals surface area contributed by atoms with Gasteiger partial charge in [0.1, 0.15) is 0 Å². The van der Waals surface area contributed by atoms with Crippen LogP contribution in [0.2, 0.25) is 0 Å². The lowest BCUT2D eigenvalue weighted by Crippen LogP contribution is -2.09. The molecule has 0 aliphatic carbocycles. The summed E-state index contributed by atoms with van der Waals surface area (Å²) in [6.07, 6.45) is -0.485. The third-order valence-corrected chi connectivity index (χ3v) is 1.01. The summed E-state index contributed by atoms with van der Waals surface area (Å²) < 4.78 is 24.0. The maximum Gasteiger partial charge on any atom is 0.303 e. The fraction of sp³-hybridized carbons (Fsp3) is 0.833. The Morgan fingerprint density at radius 2 is 2.10 bits per heavy atom. The van der Waals surface area contributed by atoms with Crippen molar-refractivity contribution < 1.29 is 18.7 Å². The zero-order valence-corrected chi connectivity index (χ0v) is 5.73. The predicted octanol–water partition coefficient (Wildman–Crippen LogP) is 1.90. The first kappa shape index (κ1) is 9.33. The van der Waals surface area contributed by atoms with Gasteiger partial charge in [-0.15, -0.1) is 0 Å². The minimum atomic E-state index is -2.73. The minimum absolute atomic E-state index is 0.0405. The molecule has 0 rings (SSSR count). The second kappa shape index (κ2) is 3.49. The van der Waals surface area contributed by atoms with Gasteiger partial charge in [-0.2, -0.15) is 0 Å². The molecule has 0 unspecified atom stereocenters. The molecule has 0 aliphatic heterocycles. The molecule has 60 valence electrons. The van der Waals surface area contributed by atoms with Gasteiger partial charge < -0.3 is 5.11 Å². The fourth-order valence-electron chi connectivity index (χ4n) is 0.550. The number of halogens is 2. The molecule has 0 amide bonds. The molecule has 0 aliphatic rings. The molecular formula is C6H10F2O2. The van der Waals surface area contributed by atoms with Crippen molar-refractivity contribution in [1.82, 2.24) is 0 Å². The molecule has 0 heterocycles. The third-order valence-electron chi connectivity index (χ3n) is 1.01. The second-order valence-electron chi connectivity index (χ2n) is 2.32. The average Bonchev–Trinajstić information content (AvgIpc) is 1.59. The number of carboxylic acids is 1. The van der Waals surface area contributed by atoms with Gasteiger partial charge in [0.2, 0.25) is 5.92 Å². The Morgan fingerprint density at radius 1 is 1.60 bits per heavy atom. The zero-order valence-electron chi connectivity index (χ0n) is 5.73. The summed E-state index contributed by atoms with van der Waals surface area (Å²) in [5.74, 6) is -3.75. The largest absolute Gasteiger partial charge is 0.481 e. The van der Waals surface area contributed by atoms with Crippen molar-refractivity contribution >= 4 is 5.97 Å². The molecular weight excluding hydrogens is 142 g/mol. The molecule has 0 fully saturated rings. The van der Waals surface area contributed by atoms with Crippen LogP contribution < -0.4 is 0 Å². The van der Waals surface area contributed by atoms with E-state index in [1.165, 1.54) is 0 Å². The first-order valence-corrected chi connectivity index (χ1v) is 3.01. The van der Waals surface area contributed by atoms with Crippen LogP contribution in [0.1, 0.15) is 26.2 Å². The van der Waals surface area contributed by atoms with E-state index in [0.717, 1.165) is 6.92 Å². The Kier molecular flexibility index (Phi) is 3.25. The summed E-state index contributed by atoms with van der Waals surface area (Å²) in [5.41, 5.74) is 0. The van der Waals surface area contributed by atoms with Crippen LogP contribution in [0.15, 0.2) is 0 Å². The van der Waals surface area contributed by atoms with Crippen molar-refractivity contribution in [3.05, 3.63) is 0 Å². The topological polar surface area (TPSA) is 37.3 Å².